The number of rotatable bonds is 7. The molecule has 1 unspecified atom stereocenters. The molecular formula is C20H24ClNO4S. The summed E-state index contributed by atoms with van der Waals surface area (Å²) in [4.78, 5) is 12.3. The molecule has 0 amide bonds. The van der Waals surface area contributed by atoms with Gasteiger partial charge in [0.1, 0.15) is 0 Å². The summed E-state index contributed by atoms with van der Waals surface area (Å²) in [6, 6.07) is 9.65. The zero-order valence-electron chi connectivity index (χ0n) is 15.9. The van der Waals surface area contributed by atoms with Crippen LogP contribution in [0.2, 0.25) is 5.02 Å². The lowest BCUT2D eigenvalue weighted by Crippen LogP contribution is -2.32. The van der Waals surface area contributed by atoms with E-state index in [1.165, 1.54) is 0 Å². The lowest BCUT2D eigenvalue weighted by atomic mass is 10.1. The Morgan fingerprint density at radius 3 is 2.30 bits per heavy atom. The standard InChI is InChI=1S/C20H24ClNO4S/c1-5-26-19(23)12-18(16-8-6-7-9-17(16)21)22-27(24,25)20-14(3)10-13(2)11-15(20)4/h6-11,18,22H,5,12H2,1-4H3. The quantitative estimate of drug-likeness (QED) is 0.694. The predicted octanol–water partition coefficient (Wildman–Crippen LogP) is 4.24. The van der Waals surface area contributed by atoms with Crippen LogP contribution in [0.1, 0.15) is 41.6 Å². The van der Waals surface area contributed by atoms with Crippen LogP contribution in [-0.4, -0.2) is 21.0 Å². The highest BCUT2D eigenvalue weighted by molar-refractivity contribution is 7.89. The number of halogens is 1. The minimum Gasteiger partial charge on any atom is -0.466 e. The van der Waals surface area contributed by atoms with E-state index in [1.807, 2.05) is 19.1 Å². The van der Waals surface area contributed by atoms with E-state index in [2.05, 4.69) is 4.72 Å². The second kappa shape index (κ2) is 8.87. The molecule has 0 bridgehead atoms. The molecule has 0 saturated carbocycles. The van der Waals surface area contributed by atoms with Gasteiger partial charge in [-0.15, -0.1) is 0 Å². The van der Waals surface area contributed by atoms with Gasteiger partial charge in [0.2, 0.25) is 10.0 Å². The van der Waals surface area contributed by atoms with Crippen LogP contribution >= 0.6 is 11.6 Å². The summed E-state index contributed by atoms with van der Waals surface area (Å²) in [7, 11) is -3.88. The van der Waals surface area contributed by atoms with Gasteiger partial charge in [-0.2, -0.15) is 0 Å². The Labute approximate surface area is 165 Å². The summed E-state index contributed by atoms with van der Waals surface area (Å²) in [5.41, 5.74) is 2.81. The van der Waals surface area contributed by atoms with Gasteiger partial charge in [-0.25, -0.2) is 13.1 Å². The average molecular weight is 410 g/mol. The summed E-state index contributed by atoms with van der Waals surface area (Å²) in [5, 5.41) is 0.381. The van der Waals surface area contributed by atoms with Gasteiger partial charge in [0.15, 0.2) is 0 Å². The maximum atomic E-state index is 13.1. The van der Waals surface area contributed by atoms with Crippen LogP contribution in [0.3, 0.4) is 0 Å². The molecule has 1 atom stereocenters. The first-order valence-corrected chi connectivity index (χ1v) is 10.5. The number of ether oxygens (including phenoxy) is 1. The third kappa shape index (κ3) is 5.31. The van der Waals surface area contributed by atoms with Crippen molar-refractivity contribution in [1.82, 2.24) is 4.72 Å². The molecular weight excluding hydrogens is 386 g/mol. The number of carbonyl (C=O) groups excluding carboxylic acids is 1. The van der Waals surface area contributed by atoms with Gasteiger partial charge < -0.3 is 4.74 Å². The van der Waals surface area contributed by atoms with Crippen LogP contribution in [-0.2, 0) is 19.6 Å². The van der Waals surface area contributed by atoms with Crippen LogP contribution in [0, 0.1) is 20.8 Å². The van der Waals surface area contributed by atoms with Crippen LogP contribution in [0.25, 0.3) is 0 Å². The Kier molecular flexibility index (Phi) is 7.03. The fourth-order valence-electron chi connectivity index (χ4n) is 3.20. The van der Waals surface area contributed by atoms with Crippen LogP contribution < -0.4 is 4.72 Å². The SMILES string of the molecule is CCOC(=O)CC(NS(=O)(=O)c1c(C)cc(C)cc1C)c1ccccc1Cl. The highest BCUT2D eigenvalue weighted by atomic mass is 35.5. The maximum Gasteiger partial charge on any atom is 0.307 e. The third-order valence-electron chi connectivity index (χ3n) is 4.13. The average Bonchev–Trinajstić information content (AvgIpc) is 2.53. The number of sulfonamides is 1. The van der Waals surface area contributed by atoms with Crippen molar-refractivity contribution in [3.63, 3.8) is 0 Å². The Bertz CT molecular complexity index is 918. The fourth-order valence-corrected chi connectivity index (χ4v) is 5.13. The number of hydrogen-bond acceptors (Lipinski definition) is 4. The molecule has 0 saturated heterocycles. The van der Waals surface area contributed by atoms with Crippen molar-refractivity contribution in [3.05, 3.63) is 63.7 Å². The lowest BCUT2D eigenvalue weighted by Gasteiger charge is -2.21. The summed E-state index contributed by atoms with van der Waals surface area (Å²) >= 11 is 6.25. The van der Waals surface area contributed by atoms with Crippen molar-refractivity contribution in [2.24, 2.45) is 0 Å². The Balaban J connectivity index is 2.45. The molecule has 2 aromatic carbocycles. The van der Waals surface area contributed by atoms with E-state index in [-0.39, 0.29) is 17.9 Å². The van der Waals surface area contributed by atoms with Gasteiger partial charge in [-0.3, -0.25) is 4.79 Å². The van der Waals surface area contributed by atoms with Crippen LogP contribution in [0.15, 0.2) is 41.3 Å². The van der Waals surface area contributed by atoms with E-state index in [0.29, 0.717) is 21.7 Å². The molecule has 0 heterocycles. The second-order valence-corrected chi connectivity index (χ2v) is 8.49. The molecule has 146 valence electrons. The van der Waals surface area contributed by atoms with Gasteiger partial charge in [0.25, 0.3) is 0 Å². The van der Waals surface area contributed by atoms with Gasteiger partial charge in [0, 0.05) is 5.02 Å². The van der Waals surface area contributed by atoms with Gasteiger partial charge >= 0.3 is 5.97 Å². The molecule has 0 aromatic heterocycles. The van der Waals surface area contributed by atoms with Crippen molar-refractivity contribution in [3.8, 4) is 0 Å². The topological polar surface area (TPSA) is 72.5 Å². The number of aryl methyl sites for hydroxylation is 3. The monoisotopic (exact) mass is 409 g/mol. The van der Waals surface area contributed by atoms with Crippen molar-refractivity contribution in [2.45, 2.75) is 45.1 Å². The maximum absolute atomic E-state index is 13.1. The molecule has 0 aliphatic carbocycles. The molecule has 0 fully saturated rings. The zero-order chi connectivity index (χ0) is 20.2. The molecule has 0 radical (unpaired) electrons. The molecule has 2 rings (SSSR count). The van der Waals surface area contributed by atoms with Crippen molar-refractivity contribution >= 4 is 27.6 Å². The molecule has 27 heavy (non-hydrogen) atoms. The van der Waals surface area contributed by atoms with Crippen molar-refractivity contribution in [1.29, 1.82) is 0 Å². The smallest absolute Gasteiger partial charge is 0.307 e. The van der Waals surface area contributed by atoms with Crippen LogP contribution in [0.5, 0.6) is 0 Å². The van der Waals surface area contributed by atoms with Gasteiger partial charge in [-0.05, 0) is 50.5 Å². The Morgan fingerprint density at radius 1 is 1.15 bits per heavy atom. The van der Waals surface area contributed by atoms with E-state index in [1.54, 1.807) is 45.0 Å². The van der Waals surface area contributed by atoms with E-state index in [4.69, 9.17) is 16.3 Å². The number of esters is 1. The Morgan fingerprint density at radius 2 is 1.74 bits per heavy atom. The minimum atomic E-state index is -3.88. The lowest BCUT2D eigenvalue weighted by molar-refractivity contribution is -0.143. The highest BCUT2D eigenvalue weighted by Crippen LogP contribution is 2.29. The molecule has 0 spiro atoms. The summed E-state index contributed by atoms with van der Waals surface area (Å²) in [5.74, 6) is -0.498. The third-order valence-corrected chi connectivity index (χ3v) is 6.25. The molecule has 7 heteroatoms. The van der Waals surface area contributed by atoms with Crippen molar-refractivity contribution in [2.75, 3.05) is 6.61 Å². The molecule has 2 aromatic rings. The molecule has 5 nitrogen and oxygen atoms in total. The molecule has 0 aliphatic heterocycles. The minimum absolute atomic E-state index is 0.152. The van der Waals surface area contributed by atoms with E-state index >= 15 is 0 Å². The largest absolute Gasteiger partial charge is 0.466 e. The summed E-state index contributed by atoms with van der Waals surface area (Å²) < 4.78 is 33.9. The second-order valence-electron chi connectivity index (χ2n) is 6.43. The van der Waals surface area contributed by atoms with E-state index < -0.39 is 22.0 Å². The first-order chi connectivity index (χ1) is 12.7. The summed E-state index contributed by atoms with van der Waals surface area (Å²) in [6.07, 6.45) is -0.152. The fraction of sp³-hybridized carbons (Fsp3) is 0.350. The Hall–Kier alpha value is -1.89. The highest BCUT2D eigenvalue weighted by Gasteiger charge is 2.28. The summed E-state index contributed by atoms with van der Waals surface area (Å²) in [6.45, 7) is 7.34. The van der Waals surface area contributed by atoms with Crippen LogP contribution in [0.4, 0.5) is 0 Å². The number of benzene rings is 2. The zero-order valence-corrected chi connectivity index (χ0v) is 17.4. The number of nitrogens with one attached hydrogen (secondary N) is 1. The van der Waals surface area contributed by atoms with Gasteiger partial charge in [0.05, 0.1) is 24.0 Å². The first kappa shape index (κ1) is 21.4. The number of carbonyl (C=O) groups is 1. The van der Waals surface area contributed by atoms with E-state index in [9.17, 15) is 13.2 Å². The molecule has 0 aliphatic rings. The van der Waals surface area contributed by atoms with Crippen molar-refractivity contribution < 1.29 is 17.9 Å². The predicted molar refractivity (Wildman–Crippen MR) is 106 cm³/mol. The van der Waals surface area contributed by atoms with Gasteiger partial charge in [-0.1, -0.05) is 47.5 Å². The van der Waals surface area contributed by atoms with E-state index in [0.717, 1.165) is 5.56 Å². The number of hydrogen-bond donors (Lipinski definition) is 1. The first-order valence-electron chi connectivity index (χ1n) is 8.66. The molecule has 1 N–H and O–H groups in total. The normalized spacial score (nSPS) is 12.6.